The first-order valence-corrected chi connectivity index (χ1v) is 9.63. The predicted octanol–water partition coefficient (Wildman–Crippen LogP) is 3.95. The molecule has 7 heteroatoms. The summed E-state index contributed by atoms with van der Waals surface area (Å²) < 4.78 is 0. The Kier molecular flexibility index (Phi) is 5.68. The lowest BCUT2D eigenvalue weighted by molar-refractivity contribution is -0.121. The van der Waals surface area contributed by atoms with Gasteiger partial charge in [-0.15, -0.1) is 0 Å². The minimum absolute atomic E-state index is 0.119. The van der Waals surface area contributed by atoms with Crippen LogP contribution >= 0.6 is 11.6 Å². The van der Waals surface area contributed by atoms with Gasteiger partial charge in [0.1, 0.15) is 0 Å². The van der Waals surface area contributed by atoms with Crippen LogP contribution in [0.15, 0.2) is 79.0 Å². The Labute approximate surface area is 177 Å². The summed E-state index contributed by atoms with van der Waals surface area (Å²) >= 11 is 5.86. The number of para-hydroxylation sites is 1. The maximum atomic E-state index is 12.9. The Morgan fingerprint density at radius 2 is 1.63 bits per heavy atom. The number of aromatic nitrogens is 2. The number of carbonyl (C=O) groups is 2. The number of benzene rings is 2. The van der Waals surface area contributed by atoms with Crippen molar-refractivity contribution < 1.29 is 9.59 Å². The van der Waals surface area contributed by atoms with E-state index >= 15 is 0 Å². The fourth-order valence-electron chi connectivity index (χ4n) is 3.03. The highest BCUT2D eigenvalue weighted by molar-refractivity contribution is 6.30. The second-order valence-corrected chi connectivity index (χ2v) is 7.03. The van der Waals surface area contributed by atoms with Crippen molar-refractivity contribution in [2.24, 2.45) is 0 Å². The first-order valence-electron chi connectivity index (χ1n) is 9.25. The Morgan fingerprint density at radius 1 is 0.867 bits per heavy atom. The van der Waals surface area contributed by atoms with Crippen LogP contribution < -0.4 is 10.9 Å². The largest absolute Gasteiger partial charge is 0.273 e. The molecule has 0 saturated heterocycles. The smallest absolute Gasteiger partial charge is 0.270 e. The molecule has 0 fully saturated rings. The van der Waals surface area contributed by atoms with Gasteiger partial charge in [-0.2, -0.15) is 0 Å². The van der Waals surface area contributed by atoms with Crippen molar-refractivity contribution in [2.45, 2.75) is 6.42 Å². The van der Waals surface area contributed by atoms with E-state index < -0.39 is 5.91 Å². The average Bonchev–Trinajstić information content (AvgIpc) is 2.79. The molecule has 0 atom stereocenters. The third kappa shape index (κ3) is 4.45. The number of pyridine rings is 2. The van der Waals surface area contributed by atoms with Crippen LogP contribution in [0.25, 0.3) is 22.3 Å². The normalized spacial score (nSPS) is 10.6. The Balaban J connectivity index is 1.55. The van der Waals surface area contributed by atoms with Gasteiger partial charge >= 0.3 is 0 Å². The number of hydrogen-bond acceptors (Lipinski definition) is 4. The van der Waals surface area contributed by atoms with Crippen LogP contribution in [-0.4, -0.2) is 21.8 Å². The molecule has 2 N–H and O–H groups in total. The van der Waals surface area contributed by atoms with E-state index in [0.29, 0.717) is 32.9 Å². The molecule has 0 aliphatic heterocycles. The summed E-state index contributed by atoms with van der Waals surface area (Å²) in [6.07, 6.45) is 1.79. The van der Waals surface area contributed by atoms with Gasteiger partial charge < -0.3 is 0 Å². The van der Waals surface area contributed by atoms with Gasteiger partial charge in [-0.1, -0.05) is 48.0 Å². The van der Waals surface area contributed by atoms with E-state index in [2.05, 4.69) is 20.8 Å². The summed E-state index contributed by atoms with van der Waals surface area (Å²) in [5.41, 5.74) is 8.03. The van der Waals surface area contributed by atoms with Crippen LogP contribution in [0.3, 0.4) is 0 Å². The molecule has 2 aromatic heterocycles. The van der Waals surface area contributed by atoms with Crippen molar-refractivity contribution in [3.8, 4) is 11.4 Å². The van der Waals surface area contributed by atoms with Crippen LogP contribution in [0.4, 0.5) is 0 Å². The van der Waals surface area contributed by atoms with Crippen molar-refractivity contribution in [2.75, 3.05) is 0 Å². The standard InChI is InChI=1S/C23H17ClN4O2/c24-16-10-8-15(9-11-16)13-22(29)27-28-23(30)18-14-21(20-7-3-4-12-25-20)26-19-6-2-1-5-17(18)19/h1-12,14H,13H2,(H,27,29)(H,28,30). The molecule has 0 aliphatic rings. The molecule has 2 heterocycles. The fraction of sp³-hybridized carbons (Fsp3) is 0.0435. The summed E-state index contributed by atoms with van der Waals surface area (Å²) in [6.45, 7) is 0. The quantitative estimate of drug-likeness (QED) is 0.493. The molecule has 30 heavy (non-hydrogen) atoms. The molecule has 6 nitrogen and oxygen atoms in total. The summed E-state index contributed by atoms with van der Waals surface area (Å²) in [6, 6.07) is 21.5. The highest BCUT2D eigenvalue weighted by atomic mass is 35.5. The number of carbonyl (C=O) groups excluding carboxylic acids is 2. The zero-order chi connectivity index (χ0) is 20.9. The Morgan fingerprint density at radius 3 is 2.40 bits per heavy atom. The number of hydrazine groups is 1. The fourth-order valence-corrected chi connectivity index (χ4v) is 3.16. The molecule has 2 aromatic carbocycles. The zero-order valence-corrected chi connectivity index (χ0v) is 16.6. The molecule has 148 valence electrons. The number of nitrogens with one attached hydrogen (secondary N) is 2. The second-order valence-electron chi connectivity index (χ2n) is 6.59. The van der Waals surface area contributed by atoms with Gasteiger partial charge in [-0.3, -0.25) is 25.4 Å². The summed E-state index contributed by atoms with van der Waals surface area (Å²) in [4.78, 5) is 34.0. The number of halogens is 1. The molecule has 2 amide bonds. The lowest BCUT2D eigenvalue weighted by atomic mass is 10.1. The van der Waals surface area contributed by atoms with Crippen LogP contribution in [0, 0.1) is 0 Å². The van der Waals surface area contributed by atoms with E-state index in [0.717, 1.165) is 5.56 Å². The zero-order valence-electron chi connectivity index (χ0n) is 15.8. The van der Waals surface area contributed by atoms with Crippen molar-refractivity contribution in [1.82, 2.24) is 20.8 Å². The van der Waals surface area contributed by atoms with E-state index in [1.54, 1.807) is 36.5 Å². The third-order valence-electron chi connectivity index (χ3n) is 4.48. The first kappa shape index (κ1) is 19.5. The van der Waals surface area contributed by atoms with Crippen molar-refractivity contribution in [1.29, 1.82) is 0 Å². The molecule has 0 radical (unpaired) electrons. The number of hydrogen-bond donors (Lipinski definition) is 2. The van der Waals surface area contributed by atoms with Crippen LogP contribution in [0.5, 0.6) is 0 Å². The average molecular weight is 417 g/mol. The second kappa shape index (κ2) is 8.71. The first-order chi connectivity index (χ1) is 14.6. The molecule has 0 saturated carbocycles. The molecule has 0 aliphatic carbocycles. The summed E-state index contributed by atoms with van der Waals surface area (Å²) in [5.74, 6) is -0.774. The number of amides is 2. The van der Waals surface area contributed by atoms with Gasteiger partial charge in [0, 0.05) is 16.6 Å². The van der Waals surface area contributed by atoms with Gasteiger partial charge in [-0.05, 0) is 42.0 Å². The molecule has 4 rings (SSSR count). The van der Waals surface area contributed by atoms with Gasteiger partial charge in [0.25, 0.3) is 5.91 Å². The lowest BCUT2D eigenvalue weighted by Crippen LogP contribution is -2.42. The molecule has 0 unspecified atom stereocenters. The maximum absolute atomic E-state index is 12.9. The lowest BCUT2D eigenvalue weighted by Gasteiger charge is -2.11. The van der Waals surface area contributed by atoms with Gasteiger partial charge in [0.05, 0.1) is 28.9 Å². The van der Waals surface area contributed by atoms with Gasteiger partial charge in [-0.25, -0.2) is 4.98 Å². The maximum Gasteiger partial charge on any atom is 0.270 e. The number of nitrogens with zero attached hydrogens (tertiary/aromatic N) is 2. The highest BCUT2D eigenvalue weighted by Gasteiger charge is 2.15. The van der Waals surface area contributed by atoms with E-state index in [9.17, 15) is 9.59 Å². The van der Waals surface area contributed by atoms with E-state index in [1.165, 1.54) is 0 Å². The van der Waals surface area contributed by atoms with E-state index in [1.807, 2.05) is 42.5 Å². The van der Waals surface area contributed by atoms with Gasteiger partial charge in [0.2, 0.25) is 5.91 Å². The van der Waals surface area contributed by atoms with Crippen molar-refractivity contribution in [3.05, 3.63) is 95.1 Å². The molecule has 0 bridgehead atoms. The van der Waals surface area contributed by atoms with Crippen LogP contribution in [-0.2, 0) is 11.2 Å². The third-order valence-corrected chi connectivity index (χ3v) is 4.73. The molecule has 4 aromatic rings. The van der Waals surface area contributed by atoms with Gasteiger partial charge in [0.15, 0.2) is 0 Å². The Hall–Kier alpha value is -3.77. The monoisotopic (exact) mass is 416 g/mol. The van der Waals surface area contributed by atoms with Crippen LogP contribution in [0.1, 0.15) is 15.9 Å². The number of fused-ring (bicyclic) bond motifs is 1. The minimum Gasteiger partial charge on any atom is -0.273 e. The topological polar surface area (TPSA) is 84.0 Å². The minimum atomic E-state index is -0.435. The predicted molar refractivity (Wildman–Crippen MR) is 116 cm³/mol. The molecular formula is C23H17ClN4O2. The SMILES string of the molecule is O=C(Cc1ccc(Cl)cc1)NNC(=O)c1cc(-c2ccccn2)nc2ccccc12. The van der Waals surface area contributed by atoms with Crippen molar-refractivity contribution >= 4 is 34.3 Å². The summed E-state index contributed by atoms with van der Waals surface area (Å²) in [7, 11) is 0. The molecular weight excluding hydrogens is 400 g/mol. The molecule has 0 spiro atoms. The summed E-state index contributed by atoms with van der Waals surface area (Å²) in [5, 5.41) is 1.28. The van der Waals surface area contributed by atoms with E-state index in [4.69, 9.17) is 11.6 Å². The van der Waals surface area contributed by atoms with E-state index in [-0.39, 0.29) is 12.3 Å². The van der Waals surface area contributed by atoms with Crippen molar-refractivity contribution in [3.63, 3.8) is 0 Å². The number of rotatable bonds is 4. The Bertz CT molecular complexity index is 1210. The highest BCUT2D eigenvalue weighted by Crippen LogP contribution is 2.23. The van der Waals surface area contributed by atoms with Crippen LogP contribution in [0.2, 0.25) is 5.02 Å².